The van der Waals surface area contributed by atoms with Crippen molar-refractivity contribution in [2.75, 3.05) is 19.0 Å². The van der Waals surface area contributed by atoms with Gasteiger partial charge in [-0.15, -0.1) is 0 Å². The van der Waals surface area contributed by atoms with E-state index >= 15 is 0 Å². The molecule has 0 aliphatic heterocycles. The van der Waals surface area contributed by atoms with E-state index in [1.165, 1.54) is 11.8 Å². The number of nitrogens with one attached hydrogen (secondary N) is 1. The van der Waals surface area contributed by atoms with Gasteiger partial charge in [0.15, 0.2) is 11.5 Å². The molecule has 0 radical (unpaired) electrons. The Kier molecular flexibility index (Phi) is 6.07. The fraction of sp³-hybridized carbons (Fsp3) is 0.273. The number of aromatic nitrogens is 2. The van der Waals surface area contributed by atoms with Crippen molar-refractivity contribution in [3.8, 4) is 17.2 Å². The molecule has 1 aromatic heterocycles. The summed E-state index contributed by atoms with van der Waals surface area (Å²) in [5.74, 6) is 0.655. The number of carbonyl (C=O) groups excluding carboxylic acids is 1. The molecular weight excluding hydrogens is 370 g/mol. The molecule has 0 saturated heterocycles. The third-order valence-electron chi connectivity index (χ3n) is 4.68. The van der Waals surface area contributed by atoms with Gasteiger partial charge in [-0.25, -0.2) is 4.68 Å². The minimum atomic E-state index is -0.392. The lowest BCUT2D eigenvalue weighted by molar-refractivity contribution is 0.102. The van der Waals surface area contributed by atoms with Crippen molar-refractivity contribution >= 4 is 11.6 Å². The highest BCUT2D eigenvalue weighted by atomic mass is 16.5. The highest BCUT2D eigenvalue weighted by molar-refractivity contribution is 6.04. The molecule has 0 fully saturated rings. The van der Waals surface area contributed by atoms with E-state index < -0.39 is 5.91 Å². The van der Waals surface area contributed by atoms with Crippen LogP contribution in [-0.4, -0.2) is 29.0 Å². The zero-order valence-corrected chi connectivity index (χ0v) is 17.1. The summed E-state index contributed by atoms with van der Waals surface area (Å²) < 4.78 is 14.2. The van der Waals surface area contributed by atoms with Crippen molar-refractivity contribution in [1.82, 2.24) is 9.36 Å². The Morgan fingerprint density at radius 2 is 1.83 bits per heavy atom. The zero-order valence-electron chi connectivity index (χ0n) is 17.1. The van der Waals surface area contributed by atoms with Gasteiger partial charge in [0.1, 0.15) is 5.69 Å². The molecule has 0 bridgehead atoms. The fourth-order valence-corrected chi connectivity index (χ4v) is 3.04. The zero-order chi connectivity index (χ0) is 21.0. The second-order valence-electron chi connectivity index (χ2n) is 6.60. The molecule has 0 saturated carbocycles. The third-order valence-corrected chi connectivity index (χ3v) is 4.68. The number of hydrogen-bond donors (Lipinski definition) is 1. The van der Waals surface area contributed by atoms with Crippen LogP contribution < -0.4 is 20.3 Å². The highest BCUT2D eigenvalue weighted by Crippen LogP contribution is 2.28. The molecule has 0 aliphatic rings. The van der Waals surface area contributed by atoms with Crippen LogP contribution in [0.2, 0.25) is 0 Å². The average molecular weight is 395 g/mol. The van der Waals surface area contributed by atoms with Crippen LogP contribution in [0.1, 0.15) is 29.4 Å². The molecule has 7 nitrogen and oxygen atoms in total. The van der Waals surface area contributed by atoms with E-state index in [-0.39, 0.29) is 11.2 Å². The molecule has 2 aromatic carbocycles. The van der Waals surface area contributed by atoms with Gasteiger partial charge in [-0.1, -0.05) is 25.1 Å². The van der Waals surface area contributed by atoms with Crippen LogP contribution in [0, 0.1) is 6.92 Å². The number of hydrogen-bond acceptors (Lipinski definition) is 4. The Bertz CT molecular complexity index is 1070. The summed E-state index contributed by atoms with van der Waals surface area (Å²) in [7, 11) is 3.30. The van der Waals surface area contributed by atoms with Gasteiger partial charge in [0.05, 0.1) is 25.1 Å². The Morgan fingerprint density at radius 1 is 1.10 bits per heavy atom. The first-order valence-corrected chi connectivity index (χ1v) is 9.44. The van der Waals surface area contributed by atoms with Crippen LogP contribution in [0.25, 0.3) is 5.69 Å². The van der Waals surface area contributed by atoms with Gasteiger partial charge in [0, 0.05) is 12.6 Å². The van der Waals surface area contributed by atoms with Crippen LogP contribution in [0.4, 0.5) is 5.69 Å². The predicted octanol–water partition coefficient (Wildman–Crippen LogP) is 3.53. The molecule has 152 valence electrons. The van der Waals surface area contributed by atoms with E-state index in [0.717, 1.165) is 12.1 Å². The van der Waals surface area contributed by atoms with Gasteiger partial charge in [-0.2, -0.15) is 0 Å². The second-order valence-corrected chi connectivity index (χ2v) is 6.60. The number of ether oxygens (including phenoxy) is 2. The Hall–Kier alpha value is -3.48. The number of methoxy groups -OCH3 is 1. The maximum atomic E-state index is 13.0. The van der Waals surface area contributed by atoms with Gasteiger partial charge < -0.3 is 14.8 Å². The molecule has 3 aromatic rings. The van der Waals surface area contributed by atoms with E-state index in [2.05, 4.69) is 5.32 Å². The highest BCUT2D eigenvalue weighted by Gasteiger charge is 2.19. The lowest BCUT2D eigenvalue weighted by atomic mass is 10.2. The smallest absolute Gasteiger partial charge is 0.295 e. The monoisotopic (exact) mass is 395 g/mol. The van der Waals surface area contributed by atoms with Crippen molar-refractivity contribution in [3.63, 3.8) is 0 Å². The van der Waals surface area contributed by atoms with Gasteiger partial charge in [-0.05, 0) is 43.7 Å². The summed E-state index contributed by atoms with van der Waals surface area (Å²) in [6, 6.07) is 14.2. The van der Waals surface area contributed by atoms with Crippen LogP contribution in [0.3, 0.4) is 0 Å². The second kappa shape index (κ2) is 8.68. The number of nitrogens with zero attached hydrogens (tertiary/aromatic N) is 2. The number of anilines is 1. The average Bonchev–Trinajstić information content (AvgIpc) is 2.95. The summed E-state index contributed by atoms with van der Waals surface area (Å²) in [5.41, 5.74) is 1.70. The van der Waals surface area contributed by atoms with E-state index in [1.807, 2.05) is 37.3 Å². The summed E-state index contributed by atoms with van der Waals surface area (Å²) in [5, 5.41) is 2.75. The number of carbonyl (C=O) groups is 1. The van der Waals surface area contributed by atoms with Gasteiger partial charge >= 0.3 is 0 Å². The summed E-state index contributed by atoms with van der Waals surface area (Å²) in [6.45, 7) is 4.36. The normalized spacial score (nSPS) is 10.6. The first-order chi connectivity index (χ1) is 14.0. The molecule has 0 spiro atoms. The number of amides is 1. The Morgan fingerprint density at radius 3 is 2.48 bits per heavy atom. The van der Waals surface area contributed by atoms with Gasteiger partial charge in [0.25, 0.3) is 11.5 Å². The van der Waals surface area contributed by atoms with E-state index in [9.17, 15) is 9.59 Å². The Labute approximate surface area is 169 Å². The molecule has 1 N–H and O–H groups in total. The maximum Gasteiger partial charge on any atom is 0.295 e. The number of rotatable bonds is 7. The van der Waals surface area contributed by atoms with Crippen LogP contribution in [0.15, 0.2) is 53.3 Å². The van der Waals surface area contributed by atoms with Crippen LogP contribution >= 0.6 is 0 Å². The van der Waals surface area contributed by atoms with Crippen molar-refractivity contribution < 1.29 is 14.3 Å². The minimum absolute atomic E-state index is 0.242. The lowest BCUT2D eigenvalue weighted by Crippen LogP contribution is -2.23. The molecule has 0 atom stereocenters. The first kappa shape index (κ1) is 20.3. The predicted molar refractivity (Wildman–Crippen MR) is 112 cm³/mol. The van der Waals surface area contributed by atoms with Crippen molar-refractivity contribution in [1.29, 1.82) is 0 Å². The minimum Gasteiger partial charge on any atom is -0.493 e. The lowest BCUT2D eigenvalue weighted by Gasteiger charge is -2.11. The van der Waals surface area contributed by atoms with Crippen LogP contribution in [0.5, 0.6) is 11.5 Å². The summed E-state index contributed by atoms with van der Waals surface area (Å²) >= 11 is 0. The van der Waals surface area contributed by atoms with Gasteiger partial charge in [-0.3, -0.25) is 14.3 Å². The molecule has 29 heavy (non-hydrogen) atoms. The molecular formula is C22H25N3O4. The first-order valence-electron chi connectivity index (χ1n) is 9.44. The van der Waals surface area contributed by atoms with Gasteiger partial charge in [0.2, 0.25) is 0 Å². The van der Waals surface area contributed by atoms with Crippen molar-refractivity contribution in [2.24, 2.45) is 7.05 Å². The molecule has 7 heteroatoms. The largest absolute Gasteiger partial charge is 0.493 e. The molecule has 1 heterocycles. The SMILES string of the molecule is CCCOc1ccc(C(=O)Nc2c(C)n(C)n(-c3ccccc3)c2=O)cc1OC. The topological polar surface area (TPSA) is 74.5 Å². The maximum absolute atomic E-state index is 13.0. The number of benzene rings is 2. The van der Waals surface area contributed by atoms with E-state index in [4.69, 9.17) is 9.47 Å². The van der Waals surface area contributed by atoms with Crippen molar-refractivity contribution in [3.05, 3.63) is 70.1 Å². The van der Waals surface area contributed by atoms with Crippen LogP contribution in [-0.2, 0) is 7.05 Å². The van der Waals surface area contributed by atoms with E-state index in [1.54, 1.807) is 36.9 Å². The summed E-state index contributed by atoms with van der Waals surface area (Å²) in [4.78, 5) is 25.8. The molecule has 1 amide bonds. The molecule has 0 unspecified atom stereocenters. The quantitative estimate of drug-likeness (QED) is 0.664. The van der Waals surface area contributed by atoms with E-state index in [0.29, 0.717) is 29.4 Å². The molecule has 0 aliphatic carbocycles. The fourth-order valence-electron chi connectivity index (χ4n) is 3.04. The Balaban J connectivity index is 1.91. The third kappa shape index (κ3) is 4.03. The summed E-state index contributed by atoms with van der Waals surface area (Å²) in [6.07, 6.45) is 0.867. The van der Waals surface area contributed by atoms with Crippen molar-refractivity contribution in [2.45, 2.75) is 20.3 Å². The standard InChI is InChI=1S/C22H25N3O4/c1-5-13-29-18-12-11-16(14-19(18)28-4)21(26)23-20-15(2)24(3)25(22(20)27)17-9-7-6-8-10-17/h6-12,14H,5,13H2,1-4H3,(H,23,26). The molecule has 3 rings (SSSR count). The number of para-hydroxylation sites is 1.